The quantitative estimate of drug-likeness (QED) is 0.577. The smallest absolute Gasteiger partial charge is 0.303 e. The fourth-order valence-corrected chi connectivity index (χ4v) is 3.45. The molecule has 1 amide bonds. The first-order chi connectivity index (χ1) is 13.6. The van der Waals surface area contributed by atoms with Gasteiger partial charge >= 0.3 is 5.97 Å². The molecule has 28 heavy (non-hydrogen) atoms. The van der Waals surface area contributed by atoms with Crippen LogP contribution in [0.15, 0.2) is 91.0 Å². The molecule has 0 aliphatic heterocycles. The maximum absolute atomic E-state index is 12.9. The lowest BCUT2D eigenvalue weighted by Crippen LogP contribution is -2.47. The Morgan fingerprint density at radius 1 is 0.679 bits per heavy atom. The van der Waals surface area contributed by atoms with E-state index in [0.717, 1.165) is 16.7 Å². The molecule has 0 bridgehead atoms. The number of hydrogen-bond acceptors (Lipinski definition) is 2. The Balaban J connectivity index is 2.09. The molecule has 0 aliphatic rings. The fourth-order valence-electron chi connectivity index (χ4n) is 3.45. The Bertz CT molecular complexity index is 812. The van der Waals surface area contributed by atoms with Gasteiger partial charge in [-0.25, -0.2) is 0 Å². The molecule has 0 saturated heterocycles. The minimum absolute atomic E-state index is 0.0254. The highest BCUT2D eigenvalue weighted by Gasteiger charge is 2.37. The summed E-state index contributed by atoms with van der Waals surface area (Å²) in [6.45, 7) is 0. The topological polar surface area (TPSA) is 66.4 Å². The third-order valence-electron chi connectivity index (χ3n) is 4.74. The number of rotatable bonds is 8. The van der Waals surface area contributed by atoms with E-state index in [1.165, 1.54) is 0 Å². The maximum Gasteiger partial charge on any atom is 0.303 e. The Hall–Kier alpha value is -3.40. The third-order valence-corrected chi connectivity index (χ3v) is 4.74. The van der Waals surface area contributed by atoms with Crippen LogP contribution in [-0.2, 0) is 15.1 Å². The van der Waals surface area contributed by atoms with Gasteiger partial charge in [0.1, 0.15) is 5.54 Å². The highest BCUT2D eigenvalue weighted by Crippen LogP contribution is 2.36. The second-order valence-electron chi connectivity index (χ2n) is 6.64. The van der Waals surface area contributed by atoms with Crippen LogP contribution in [-0.4, -0.2) is 17.0 Å². The van der Waals surface area contributed by atoms with E-state index in [4.69, 9.17) is 5.11 Å². The number of hydrogen-bond donors (Lipinski definition) is 2. The molecule has 2 N–H and O–H groups in total. The molecule has 0 unspecified atom stereocenters. The summed E-state index contributed by atoms with van der Waals surface area (Å²) in [6.07, 6.45) is 0.429. The maximum atomic E-state index is 12.9. The first kappa shape index (κ1) is 19.4. The number of benzene rings is 3. The normalized spacial score (nSPS) is 11.0. The molecule has 0 aliphatic carbocycles. The molecule has 0 aromatic heterocycles. The van der Waals surface area contributed by atoms with E-state index in [0.29, 0.717) is 6.42 Å². The Kier molecular flexibility index (Phi) is 6.22. The van der Waals surface area contributed by atoms with Crippen molar-refractivity contribution in [3.63, 3.8) is 0 Å². The molecule has 142 valence electrons. The van der Waals surface area contributed by atoms with Gasteiger partial charge in [0.05, 0.1) is 0 Å². The van der Waals surface area contributed by atoms with Crippen LogP contribution in [0.5, 0.6) is 0 Å². The molecule has 4 nitrogen and oxygen atoms in total. The van der Waals surface area contributed by atoms with Gasteiger partial charge in [-0.2, -0.15) is 0 Å². The van der Waals surface area contributed by atoms with Gasteiger partial charge in [0.2, 0.25) is 5.91 Å². The van der Waals surface area contributed by atoms with Crippen molar-refractivity contribution in [2.45, 2.75) is 24.8 Å². The highest BCUT2D eigenvalue weighted by molar-refractivity contribution is 5.79. The minimum Gasteiger partial charge on any atom is -0.481 e. The van der Waals surface area contributed by atoms with Crippen molar-refractivity contribution >= 4 is 11.9 Å². The molecule has 0 fully saturated rings. The van der Waals surface area contributed by atoms with Gasteiger partial charge in [0, 0.05) is 12.8 Å². The lowest BCUT2D eigenvalue weighted by atomic mass is 9.77. The molecule has 4 heteroatoms. The van der Waals surface area contributed by atoms with Crippen LogP contribution < -0.4 is 5.32 Å². The number of carbonyl (C=O) groups excluding carboxylic acids is 1. The number of carbonyl (C=O) groups is 2. The second-order valence-corrected chi connectivity index (χ2v) is 6.64. The summed E-state index contributed by atoms with van der Waals surface area (Å²) in [5, 5.41) is 12.1. The fraction of sp³-hybridized carbons (Fsp3) is 0.167. The predicted octanol–water partition coefficient (Wildman–Crippen LogP) is 4.35. The van der Waals surface area contributed by atoms with E-state index < -0.39 is 11.5 Å². The number of carboxylic acid groups (broad SMARTS) is 1. The van der Waals surface area contributed by atoms with E-state index in [2.05, 4.69) is 5.32 Å². The van der Waals surface area contributed by atoms with Crippen LogP contribution in [0.4, 0.5) is 0 Å². The summed E-state index contributed by atoms with van der Waals surface area (Å²) in [4.78, 5) is 23.7. The van der Waals surface area contributed by atoms with E-state index in [1.54, 1.807) is 0 Å². The van der Waals surface area contributed by atoms with Crippen LogP contribution in [0.3, 0.4) is 0 Å². The van der Waals surface area contributed by atoms with Crippen molar-refractivity contribution in [3.8, 4) is 0 Å². The first-order valence-electron chi connectivity index (χ1n) is 9.32. The van der Waals surface area contributed by atoms with Crippen molar-refractivity contribution in [2.24, 2.45) is 0 Å². The zero-order valence-corrected chi connectivity index (χ0v) is 15.5. The molecule has 3 aromatic rings. The summed E-state index contributed by atoms with van der Waals surface area (Å²) >= 11 is 0. The van der Waals surface area contributed by atoms with Crippen LogP contribution in [0.25, 0.3) is 0 Å². The van der Waals surface area contributed by atoms with Crippen molar-refractivity contribution in [1.29, 1.82) is 0 Å². The Labute approximate surface area is 164 Å². The zero-order valence-electron chi connectivity index (χ0n) is 15.5. The molecule has 3 rings (SSSR count). The van der Waals surface area contributed by atoms with Crippen LogP contribution in [0, 0.1) is 0 Å². The molecular formula is C24H23NO3. The Morgan fingerprint density at radius 2 is 1.07 bits per heavy atom. The van der Waals surface area contributed by atoms with Gasteiger partial charge in [0.15, 0.2) is 0 Å². The lowest BCUT2D eigenvalue weighted by molar-refractivity contribution is -0.137. The molecular weight excluding hydrogens is 350 g/mol. The summed E-state index contributed by atoms with van der Waals surface area (Å²) < 4.78 is 0. The molecule has 0 radical (unpaired) electrons. The van der Waals surface area contributed by atoms with Gasteiger partial charge in [-0.3, -0.25) is 9.59 Å². The number of nitrogens with one attached hydrogen (secondary N) is 1. The van der Waals surface area contributed by atoms with Crippen molar-refractivity contribution in [2.75, 3.05) is 0 Å². The van der Waals surface area contributed by atoms with Gasteiger partial charge in [0.25, 0.3) is 0 Å². The molecule has 3 aromatic carbocycles. The zero-order chi connectivity index (χ0) is 19.8. The second kappa shape index (κ2) is 9.00. The summed E-state index contributed by atoms with van der Waals surface area (Å²) in [5.41, 5.74) is 1.97. The lowest BCUT2D eigenvalue weighted by Gasteiger charge is -2.37. The van der Waals surface area contributed by atoms with Crippen molar-refractivity contribution in [1.82, 2.24) is 5.32 Å². The van der Waals surface area contributed by atoms with E-state index in [9.17, 15) is 9.59 Å². The van der Waals surface area contributed by atoms with Crippen molar-refractivity contribution in [3.05, 3.63) is 108 Å². The predicted molar refractivity (Wildman–Crippen MR) is 109 cm³/mol. The van der Waals surface area contributed by atoms with E-state index in [-0.39, 0.29) is 18.7 Å². The van der Waals surface area contributed by atoms with Gasteiger partial charge in [-0.15, -0.1) is 0 Å². The van der Waals surface area contributed by atoms with E-state index in [1.807, 2.05) is 91.0 Å². The number of amides is 1. The summed E-state index contributed by atoms with van der Waals surface area (Å²) in [6, 6.07) is 29.5. The SMILES string of the molecule is O=C(O)CCCC(=O)NC(c1ccccc1)(c1ccccc1)c1ccccc1. The largest absolute Gasteiger partial charge is 0.481 e. The monoisotopic (exact) mass is 373 g/mol. The average molecular weight is 373 g/mol. The summed E-state index contributed by atoms with van der Waals surface area (Å²) in [7, 11) is 0. The highest BCUT2D eigenvalue weighted by atomic mass is 16.4. The van der Waals surface area contributed by atoms with Crippen molar-refractivity contribution < 1.29 is 14.7 Å². The average Bonchev–Trinajstić information content (AvgIpc) is 2.74. The molecule has 0 atom stereocenters. The standard InChI is InChI=1S/C24H23NO3/c26-22(17-10-18-23(27)28)25-24(19-11-4-1-5-12-19,20-13-6-2-7-14-20)21-15-8-3-9-16-21/h1-9,11-16H,10,17-18H2,(H,25,26)(H,27,28). The van der Waals surface area contributed by atoms with Gasteiger partial charge < -0.3 is 10.4 Å². The minimum atomic E-state index is -0.895. The van der Waals surface area contributed by atoms with Gasteiger partial charge in [-0.05, 0) is 23.1 Å². The van der Waals surface area contributed by atoms with Crippen LogP contribution >= 0.6 is 0 Å². The number of carboxylic acids is 1. The first-order valence-corrected chi connectivity index (χ1v) is 9.32. The molecule has 0 spiro atoms. The van der Waals surface area contributed by atoms with E-state index >= 15 is 0 Å². The summed E-state index contributed by atoms with van der Waals surface area (Å²) in [5.74, 6) is -1.08. The number of aliphatic carboxylic acids is 1. The van der Waals surface area contributed by atoms with Crippen LogP contribution in [0.2, 0.25) is 0 Å². The van der Waals surface area contributed by atoms with Gasteiger partial charge in [-0.1, -0.05) is 91.0 Å². The molecule has 0 saturated carbocycles. The molecule has 0 heterocycles. The third kappa shape index (κ3) is 4.29. The van der Waals surface area contributed by atoms with Crippen LogP contribution in [0.1, 0.15) is 36.0 Å². The Morgan fingerprint density at radius 3 is 1.43 bits per heavy atom.